The second-order valence-electron chi connectivity index (χ2n) is 4.71. The lowest BCUT2D eigenvalue weighted by molar-refractivity contribution is 0.607. The van der Waals surface area contributed by atoms with Gasteiger partial charge in [0.25, 0.3) is 0 Å². The molecule has 0 aliphatic heterocycles. The van der Waals surface area contributed by atoms with E-state index in [9.17, 15) is 0 Å². The normalized spacial score (nSPS) is 12.0. The first-order chi connectivity index (χ1) is 10.1. The van der Waals surface area contributed by atoms with E-state index in [1.165, 1.54) is 5.56 Å². The number of thiocarbonyl (C=S) groups is 1. The van der Waals surface area contributed by atoms with Gasteiger partial charge in [0.15, 0.2) is 5.11 Å². The van der Waals surface area contributed by atoms with Gasteiger partial charge in [-0.1, -0.05) is 30.3 Å². The molecular formula is C15H19BrN4S. The Morgan fingerprint density at radius 1 is 1.38 bits per heavy atom. The molecule has 2 rings (SSSR count). The number of nitrogens with zero attached hydrogens (tertiary/aromatic N) is 2. The van der Waals surface area contributed by atoms with Crippen LogP contribution in [-0.4, -0.2) is 14.9 Å². The van der Waals surface area contributed by atoms with Crippen molar-refractivity contribution >= 4 is 33.3 Å². The van der Waals surface area contributed by atoms with Crippen LogP contribution >= 0.6 is 28.1 Å². The highest BCUT2D eigenvalue weighted by atomic mass is 79.9. The molecular weight excluding hydrogens is 348 g/mol. The molecule has 0 spiro atoms. The molecule has 0 amide bonds. The summed E-state index contributed by atoms with van der Waals surface area (Å²) in [6, 6.07) is 10.4. The summed E-state index contributed by atoms with van der Waals surface area (Å²) >= 11 is 8.87. The van der Waals surface area contributed by atoms with Crippen LogP contribution in [0.2, 0.25) is 0 Å². The monoisotopic (exact) mass is 366 g/mol. The van der Waals surface area contributed by atoms with Crippen molar-refractivity contribution in [2.45, 2.75) is 33.0 Å². The quantitative estimate of drug-likeness (QED) is 0.795. The number of benzene rings is 1. The van der Waals surface area contributed by atoms with E-state index in [2.05, 4.69) is 57.6 Å². The van der Waals surface area contributed by atoms with Gasteiger partial charge < -0.3 is 10.6 Å². The summed E-state index contributed by atoms with van der Waals surface area (Å²) in [4.78, 5) is 0. The molecule has 1 heterocycles. The van der Waals surface area contributed by atoms with Crippen molar-refractivity contribution in [2.75, 3.05) is 0 Å². The van der Waals surface area contributed by atoms with Crippen molar-refractivity contribution in [2.24, 2.45) is 0 Å². The Labute approximate surface area is 139 Å². The van der Waals surface area contributed by atoms with Crippen LogP contribution in [0.3, 0.4) is 0 Å². The Bertz CT molecular complexity index is 597. The van der Waals surface area contributed by atoms with Gasteiger partial charge >= 0.3 is 0 Å². The van der Waals surface area contributed by atoms with Crippen LogP contribution in [0.25, 0.3) is 0 Å². The van der Waals surface area contributed by atoms with Crippen molar-refractivity contribution < 1.29 is 0 Å². The van der Waals surface area contributed by atoms with E-state index in [4.69, 9.17) is 12.2 Å². The SMILES string of the molecule is CCn1ncc(Br)c1CNC(=S)NC(C)c1ccccc1. The van der Waals surface area contributed by atoms with E-state index in [1.54, 1.807) is 0 Å². The van der Waals surface area contributed by atoms with Crippen LogP contribution in [0, 0.1) is 0 Å². The summed E-state index contributed by atoms with van der Waals surface area (Å²) in [5.41, 5.74) is 2.30. The summed E-state index contributed by atoms with van der Waals surface area (Å²) in [6.07, 6.45) is 1.81. The Morgan fingerprint density at radius 3 is 2.76 bits per heavy atom. The maximum atomic E-state index is 5.36. The van der Waals surface area contributed by atoms with Crippen molar-refractivity contribution in [3.8, 4) is 0 Å². The van der Waals surface area contributed by atoms with Crippen LogP contribution in [-0.2, 0) is 13.1 Å². The molecule has 1 aromatic heterocycles. The third kappa shape index (κ3) is 4.28. The number of nitrogens with one attached hydrogen (secondary N) is 2. The molecule has 112 valence electrons. The zero-order valence-electron chi connectivity index (χ0n) is 12.1. The smallest absolute Gasteiger partial charge is 0.167 e. The van der Waals surface area contributed by atoms with Crippen molar-refractivity contribution in [1.82, 2.24) is 20.4 Å². The predicted molar refractivity (Wildman–Crippen MR) is 93.0 cm³/mol. The van der Waals surface area contributed by atoms with E-state index in [0.717, 1.165) is 16.7 Å². The fourth-order valence-electron chi connectivity index (χ4n) is 2.07. The molecule has 1 atom stereocenters. The van der Waals surface area contributed by atoms with Gasteiger partial charge in [0.05, 0.1) is 29.0 Å². The molecule has 21 heavy (non-hydrogen) atoms. The first-order valence-corrected chi connectivity index (χ1v) is 8.11. The summed E-state index contributed by atoms with van der Waals surface area (Å²) in [5.74, 6) is 0. The topological polar surface area (TPSA) is 41.9 Å². The van der Waals surface area contributed by atoms with Gasteiger partial charge in [0.2, 0.25) is 0 Å². The zero-order chi connectivity index (χ0) is 15.2. The molecule has 0 bridgehead atoms. The van der Waals surface area contributed by atoms with Gasteiger partial charge in [-0.05, 0) is 47.6 Å². The molecule has 0 saturated carbocycles. The summed E-state index contributed by atoms with van der Waals surface area (Å²) in [7, 11) is 0. The van der Waals surface area contributed by atoms with Gasteiger partial charge in [0, 0.05) is 6.54 Å². The fourth-order valence-corrected chi connectivity index (χ4v) is 2.76. The minimum Gasteiger partial charge on any atom is -0.357 e. The van der Waals surface area contributed by atoms with Crippen LogP contribution < -0.4 is 10.6 Å². The van der Waals surface area contributed by atoms with Crippen molar-refractivity contribution in [3.63, 3.8) is 0 Å². The van der Waals surface area contributed by atoms with Crippen LogP contribution in [0.1, 0.15) is 31.1 Å². The molecule has 1 unspecified atom stereocenters. The zero-order valence-corrected chi connectivity index (χ0v) is 14.5. The van der Waals surface area contributed by atoms with Gasteiger partial charge in [-0.3, -0.25) is 4.68 Å². The lowest BCUT2D eigenvalue weighted by atomic mass is 10.1. The molecule has 0 fully saturated rings. The lowest BCUT2D eigenvalue weighted by Gasteiger charge is -2.17. The minimum atomic E-state index is 0.172. The number of rotatable bonds is 5. The molecule has 6 heteroatoms. The van der Waals surface area contributed by atoms with E-state index < -0.39 is 0 Å². The highest BCUT2D eigenvalue weighted by molar-refractivity contribution is 9.10. The van der Waals surface area contributed by atoms with Gasteiger partial charge in [0.1, 0.15) is 0 Å². The number of hydrogen-bond donors (Lipinski definition) is 2. The van der Waals surface area contributed by atoms with Crippen LogP contribution in [0.4, 0.5) is 0 Å². The maximum absolute atomic E-state index is 5.36. The average Bonchev–Trinajstić information content (AvgIpc) is 2.86. The van der Waals surface area contributed by atoms with Crippen LogP contribution in [0.15, 0.2) is 41.0 Å². The van der Waals surface area contributed by atoms with Gasteiger partial charge in [-0.2, -0.15) is 5.10 Å². The molecule has 4 nitrogen and oxygen atoms in total. The Balaban J connectivity index is 1.89. The Morgan fingerprint density at radius 2 is 2.10 bits per heavy atom. The molecule has 0 radical (unpaired) electrons. The minimum absolute atomic E-state index is 0.172. The predicted octanol–water partition coefficient (Wildman–Crippen LogP) is 3.39. The average molecular weight is 367 g/mol. The van der Waals surface area contributed by atoms with E-state index in [-0.39, 0.29) is 6.04 Å². The second-order valence-corrected chi connectivity index (χ2v) is 5.98. The van der Waals surface area contributed by atoms with Crippen LogP contribution in [0.5, 0.6) is 0 Å². The van der Waals surface area contributed by atoms with E-state index in [0.29, 0.717) is 11.7 Å². The number of halogens is 1. The maximum Gasteiger partial charge on any atom is 0.167 e. The highest BCUT2D eigenvalue weighted by Crippen LogP contribution is 2.16. The molecule has 2 N–H and O–H groups in total. The summed E-state index contributed by atoms with van der Waals surface area (Å²) in [6.45, 7) is 5.64. The Hall–Kier alpha value is -1.40. The van der Waals surface area contributed by atoms with Gasteiger partial charge in [-0.25, -0.2) is 0 Å². The molecule has 2 aromatic rings. The largest absolute Gasteiger partial charge is 0.357 e. The number of aromatic nitrogens is 2. The van der Waals surface area contributed by atoms with E-state index in [1.807, 2.05) is 29.1 Å². The first-order valence-electron chi connectivity index (χ1n) is 6.91. The lowest BCUT2D eigenvalue weighted by Crippen LogP contribution is -2.36. The van der Waals surface area contributed by atoms with Crippen molar-refractivity contribution in [3.05, 3.63) is 52.3 Å². The van der Waals surface area contributed by atoms with Crippen molar-refractivity contribution in [1.29, 1.82) is 0 Å². The number of hydrogen-bond acceptors (Lipinski definition) is 2. The highest BCUT2D eigenvalue weighted by Gasteiger charge is 2.10. The molecule has 1 aromatic carbocycles. The third-order valence-corrected chi connectivity index (χ3v) is 4.19. The van der Waals surface area contributed by atoms with E-state index >= 15 is 0 Å². The third-order valence-electron chi connectivity index (χ3n) is 3.26. The first kappa shape index (κ1) is 16.0. The summed E-state index contributed by atoms with van der Waals surface area (Å²) < 4.78 is 2.94. The standard InChI is InChI=1S/C15H19BrN4S/c1-3-20-14(13(16)9-18-20)10-17-15(21)19-11(2)12-7-5-4-6-8-12/h4-9,11H,3,10H2,1-2H3,(H2,17,19,21). The second kappa shape index (κ2) is 7.56. The molecule has 0 saturated heterocycles. The molecule has 0 aliphatic rings. The number of aryl methyl sites for hydroxylation is 1. The molecule has 0 aliphatic carbocycles. The Kier molecular flexibility index (Phi) is 5.76. The fraction of sp³-hybridized carbons (Fsp3) is 0.333. The van der Waals surface area contributed by atoms with Gasteiger partial charge in [-0.15, -0.1) is 0 Å². The summed E-state index contributed by atoms with van der Waals surface area (Å²) in [5, 5.41) is 11.4.